The van der Waals surface area contributed by atoms with Crippen LogP contribution in [0.4, 0.5) is 5.69 Å². The van der Waals surface area contributed by atoms with Crippen LogP contribution in [0.15, 0.2) is 18.3 Å². The third-order valence-corrected chi connectivity index (χ3v) is 1.83. The topological polar surface area (TPSA) is 42.0 Å². The van der Waals surface area contributed by atoms with E-state index in [1.54, 1.807) is 18.3 Å². The minimum Gasteiger partial charge on any atom is -0.323 e. The zero-order valence-corrected chi connectivity index (χ0v) is 8.21. The molecule has 1 heterocycles. The van der Waals surface area contributed by atoms with E-state index in [2.05, 4.69) is 16.2 Å². The SMILES string of the molecule is C#CCCC(=O)Nc1cccnc1Cl. The number of nitrogens with zero attached hydrogens (tertiary/aromatic N) is 1. The molecule has 4 heteroatoms. The van der Waals surface area contributed by atoms with Gasteiger partial charge in [0.1, 0.15) is 0 Å². The average Bonchev–Trinajstić information content (AvgIpc) is 2.18. The number of anilines is 1. The van der Waals surface area contributed by atoms with Gasteiger partial charge in [0.15, 0.2) is 5.15 Å². The van der Waals surface area contributed by atoms with E-state index < -0.39 is 0 Å². The highest BCUT2D eigenvalue weighted by atomic mass is 35.5. The molecule has 3 nitrogen and oxygen atoms in total. The maximum atomic E-state index is 11.2. The van der Waals surface area contributed by atoms with Crippen molar-refractivity contribution in [1.29, 1.82) is 0 Å². The summed E-state index contributed by atoms with van der Waals surface area (Å²) in [6.07, 6.45) is 7.30. The van der Waals surface area contributed by atoms with Crippen LogP contribution in [0.3, 0.4) is 0 Å². The van der Waals surface area contributed by atoms with Crippen molar-refractivity contribution in [2.24, 2.45) is 0 Å². The van der Waals surface area contributed by atoms with E-state index in [1.807, 2.05) is 0 Å². The molecule has 72 valence electrons. The van der Waals surface area contributed by atoms with Gasteiger partial charge in [-0.25, -0.2) is 4.98 Å². The van der Waals surface area contributed by atoms with Crippen molar-refractivity contribution in [3.8, 4) is 12.3 Å². The molecule has 0 aliphatic carbocycles. The fourth-order valence-electron chi connectivity index (χ4n) is 0.878. The first-order chi connectivity index (χ1) is 6.74. The van der Waals surface area contributed by atoms with Crippen LogP contribution in [0.5, 0.6) is 0 Å². The molecule has 0 atom stereocenters. The van der Waals surface area contributed by atoms with Gasteiger partial charge in [0.05, 0.1) is 5.69 Å². The van der Waals surface area contributed by atoms with Crippen LogP contribution in [-0.4, -0.2) is 10.9 Å². The Morgan fingerprint density at radius 3 is 3.14 bits per heavy atom. The zero-order chi connectivity index (χ0) is 10.4. The standard InChI is InChI=1S/C10H9ClN2O/c1-2-3-6-9(14)13-8-5-4-7-12-10(8)11/h1,4-5,7H,3,6H2,(H,13,14). The smallest absolute Gasteiger partial charge is 0.225 e. The number of halogens is 1. The van der Waals surface area contributed by atoms with E-state index in [-0.39, 0.29) is 11.1 Å². The van der Waals surface area contributed by atoms with Gasteiger partial charge in [0, 0.05) is 19.0 Å². The lowest BCUT2D eigenvalue weighted by molar-refractivity contribution is -0.116. The highest BCUT2D eigenvalue weighted by Crippen LogP contribution is 2.17. The third kappa shape index (κ3) is 3.08. The molecule has 0 aliphatic rings. The number of amides is 1. The number of pyridine rings is 1. The Bertz CT molecular complexity index is 371. The molecule has 1 aromatic heterocycles. The lowest BCUT2D eigenvalue weighted by Crippen LogP contribution is -2.11. The summed E-state index contributed by atoms with van der Waals surface area (Å²) in [5, 5.41) is 2.90. The molecule has 1 rings (SSSR count). The maximum absolute atomic E-state index is 11.2. The second kappa shape index (κ2) is 5.25. The quantitative estimate of drug-likeness (QED) is 0.611. The molecule has 0 fully saturated rings. The minimum atomic E-state index is -0.155. The van der Waals surface area contributed by atoms with Gasteiger partial charge in [-0.2, -0.15) is 0 Å². The highest BCUT2D eigenvalue weighted by molar-refractivity contribution is 6.32. The van der Waals surface area contributed by atoms with Crippen LogP contribution in [0.1, 0.15) is 12.8 Å². The predicted molar refractivity (Wildman–Crippen MR) is 55.9 cm³/mol. The van der Waals surface area contributed by atoms with Gasteiger partial charge in [-0.15, -0.1) is 12.3 Å². The lowest BCUT2D eigenvalue weighted by Gasteiger charge is -2.04. The molecule has 1 amide bonds. The Hall–Kier alpha value is -1.53. The van der Waals surface area contributed by atoms with Crippen molar-refractivity contribution in [2.75, 3.05) is 5.32 Å². The molecule has 0 unspecified atom stereocenters. The van der Waals surface area contributed by atoms with Crippen LogP contribution in [0.25, 0.3) is 0 Å². The van der Waals surface area contributed by atoms with Gasteiger partial charge in [0.2, 0.25) is 5.91 Å². The second-order valence-corrected chi connectivity index (χ2v) is 2.95. The Labute approximate surface area is 87.5 Å². The number of carbonyl (C=O) groups excluding carboxylic acids is 1. The van der Waals surface area contributed by atoms with Crippen LogP contribution in [0.2, 0.25) is 5.15 Å². The largest absolute Gasteiger partial charge is 0.323 e. The second-order valence-electron chi connectivity index (χ2n) is 2.59. The van der Waals surface area contributed by atoms with Crippen LogP contribution in [-0.2, 0) is 4.79 Å². The van der Waals surface area contributed by atoms with Gasteiger partial charge in [0.25, 0.3) is 0 Å². The predicted octanol–water partition coefficient (Wildman–Crippen LogP) is 2.09. The molecular formula is C10H9ClN2O. The van der Waals surface area contributed by atoms with E-state index in [9.17, 15) is 4.79 Å². The number of aromatic nitrogens is 1. The molecule has 1 N–H and O–H groups in total. The van der Waals surface area contributed by atoms with E-state index in [4.69, 9.17) is 18.0 Å². The number of nitrogens with one attached hydrogen (secondary N) is 1. The molecule has 0 bridgehead atoms. The molecule has 0 aliphatic heterocycles. The van der Waals surface area contributed by atoms with Gasteiger partial charge in [-0.05, 0) is 12.1 Å². The Morgan fingerprint density at radius 1 is 1.71 bits per heavy atom. The van der Waals surface area contributed by atoms with Crippen LogP contribution < -0.4 is 5.32 Å². The van der Waals surface area contributed by atoms with Crippen LogP contribution >= 0.6 is 11.6 Å². The number of hydrogen-bond donors (Lipinski definition) is 1. The summed E-state index contributed by atoms with van der Waals surface area (Å²) in [5.74, 6) is 2.23. The Kier molecular flexibility index (Phi) is 3.96. The van der Waals surface area contributed by atoms with Gasteiger partial charge in [-0.3, -0.25) is 4.79 Å². The Balaban J connectivity index is 2.57. The van der Waals surface area contributed by atoms with Crippen molar-refractivity contribution in [2.45, 2.75) is 12.8 Å². The van der Waals surface area contributed by atoms with E-state index >= 15 is 0 Å². The van der Waals surface area contributed by atoms with E-state index in [0.717, 1.165) is 0 Å². The first kappa shape index (κ1) is 10.6. The number of rotatable bonds is 3. The third-order valence-electron chi connectivity index (χ3n) is 1.53. The van der Waals surface area contributed by atoms with Gasteiger partial charge < -0.3 is 5.32 Å². The van der Waals surface area contributed by atoms with Crippen molar-refractivity contribution >= 4 is 23.2 Å². The fraction of sp³-hybridized carbons (Fsp3) is 0.200. The van der Waals surface area contributed by atoms with E-state index in [0.29, 0.717) is 18.5 Å². The van der Waals surface area contributed by atoms with Gasteiger partial charge in [-0.1, -0.05) is 11.6 Å². The first-order valence-electron chi connectivity index (χ1n) is 4.08. The Morgan fingerprint density at radius 2 is 2.50 bits per heavy atom. The normalized spacial score (nSPS) is 9.14. The summed E-state index contributed by atoms with van der Waals surface area (Å²) in [6.45, 7) is 0. The van der Waals surface area contributed by atoms with Crippen molar-refractivity contribution in [1.82, 2.24) is 4.98 Å². The van der Waals surface area contributed by atoms with Crippen molar-refractivity contribution in [3.63, 3.8) is 0 Å². The molecule has 1 aromatic rings. The lowest BCUT2D eigenvalue weighted by atomic mass is 10.3. The van der Waals surface area contributed by atoms with Crippen molar-refractivity contribution < 1.29 is 4.79 Å². The molecular weight excluding hydrogens is 200 g/mol. The molecule has 0 aromatic carbocycles. The molecule has 14 heavy (non-hydrogen) atoms. The minimum absolute atomic E-state index is 0.155. The fourth-order valence-corrected chi connectivity index (χ4v) is 1.04. The molecule has 0 radical (unpaired) electrons. The summed E-state index contributed by atoms with van der Waals surface area (Å²) in [7, 11) is 0. The number of carbonyl (C=O) groups is 1. The summed E-state index contributed by atoms with van der Waals surface area (Å²) >= 11 is 5.74. The van der Waals surface area contributed by atoms with Crippen molar-refractivity contribution in [3.05, 3.63) is 23.5 Å². The summed E-state index contributed by atoms with van der Waals surface area (Å²) < 4.78 is 0. The summed E-state index contributed by atoms with van der Waals surface area (Å²) in [6, 6.07) is 3.38. The van der Waals surface area contributed by atoms with E-state index in [1.165, 1.54) is 0 Å². The molecule has 0 saturated heterocycles. The summed E-state index contributed by atoms with van der Waals surface area (Å²) in [4.78, 5) is 15.1. The molecule has 0 spiro atoms. The summed E-state index contributed by atoms with van der Waals surface area (Å²) in [5.41, 5.74) is 0.510. The highest BCUT2D eigenvalue weighted by Gasteiger charge is 2.04. The number of hydrogen-bond acceptors (Lipinski definition) is 2. The van der Waals surface area contributed by atoms with Crippen LogP contribution in [0, 0.1) is 12.3 Å². The molecule has 0 saturated carbocycles. The monoisotopic (exact) mass is 208 g/mol. The number of terminal acetylenes is 1. The van der Waals surface area contributed by atoms with Gasteiger partial charge >= 0.3 is 0 Å². The first-order valence-corrected chi connectivity index (χ1v) is 4.45. The zero-order valence-electron chi connectivity index (χ0n) is 7.46. The average molecular weight is 209 g/mol. The maximum Gasteiger partial charge on any atom is 0.225 e.